The van der Waals surface area contributed by atoms with Crippen LogP contribution in [0.25, 0.3) is 0 Å². The van der Waals surface area contributed by atoms with Gasteiger partial charge in [-0.15, -0.1) is 0 Å². The van der Waals surface area contributed by atoms with E-state index in [0.717, 1.165) is 44.1 Å². The van der Waals surface area contributed by atoms with Gasteiger partial charge in [-0.05, 0) is 82.8 Å². The maximum atomic E-state index is 11.2. The third kappa shape index (κ3) is 11.2. The van der Waals surface area contributed by atoms with Crippen LogP contribution in [0.1, 0.15) is 110 Å². The van der Waals surface area contributed by atoms with Gasteiger partial charge in [0.2, 0.25) is 6.41 Å². The van der Waals surface area contributed by atoms with E-state index >= 15 is 0 Å². The Morgan fingerprint density at radius 3 is 2.32 bits per heavy atom. The summed E-state index contributed by atoms with van der Waals surface area (Å²) in [4.78, 5) is 16.0. The third-order valence-corrected chi connectivity index (χ3v) is 9.10. The van der Waals surface area contributed by atoms with E-state index in [1.165, 1.54) is 103 Å². The lowest BCUT2D eigenvalue weighted by molar-refractivity contribution is -0.113. The summed E-state index contributed by atoms with van der Waals surface area (Å²) in [6.07, 6.45) is 27.7. The number of hydrogen-bond donors (Lipinski definition) is 2. The molecule has 212 valence electrons. The van der Waals surface area contributed by atoms with E-state index in [0.29, 0.717) is 5.92 Å². The van der Waals surface area contributed by atoms with Crippen LogP contribution in [0.3, 0.4) is 0 Å². The molecule has 0 spiro atoms. The Morgan fingerprint density at radius 2 is 1.62 bits per heavy atom. The average molecular weight is 516 g/mol. The Hall–Kier alpha value is -1.17. The van der Waals surface area contributed by atoms with E-state index < -0.39 is 6.23 Å². The molecule has 3 aliphatic rings. The molecule has 3 unspecified atom stereocenters. The molecule has 5 heteroatoms. The van der Waals surface area contributed by atoms with Gasteiger partial charge in [-0.1, -0.05) is 88.5 Å². The zero-order chi connectivity index (χ0) is 26.3. The van der Waals surface area contributed by atoms with Crippen molar-refractivity contribution >= 4 is 6.41 Å². The number of amides is 1. The molecule has 3 rings (SSSR count). The first-order valence-corrected chi connectivity index (χ1v) is 15.8. The van der Waals surface area contributed by atoms with Crippen LogP contribution in [0.4, 0.5) is 0 Å². The second-order valence-corrected chi connectivity index (χ2v) is 12.2. The van der Waals surface area contributed by atoms with Crippen LogP contribution in [0, 0.1) is 17.8 Å². The zero-order valence-electron chi connectivity index (χ0n) is 24.1. The van der Waals surface area contributed by atoms with Crippen LogP contribution in [0.5, 0.6) is 0 Å². The van der Waals surface area contributed by atoms with Crippen LogP contribution in [0.15, 0.2) is 23.8 Å². The average Bonchev–Trinajstić information content (AvgIpc) is 3.70. The van der Waals surface area contributed by atoms with Gasteiger partial charge in [-0.25, -0.2) is 0 Å². The molecular weight excluding hydrogens is 458 g/mol. The molecule has 1 amide bonds. The predicted molar refractivity (Wildman–Crippen MR) is 155 cm³/mol. The molecule has 2 fully saturated rings. The molecule has 0 aromatic heterocycles. The van der Waals surface area contributed by atoms with Gasteiger partial charge >= 0.3 is 0 Å². The first-order valence-electron chi connectivity index (χ1n) is 15.8. The molecule has 0 radical (unpaired) electrons. The molecule has 5 nitrogen and oxygen atoms in total. The third-order valence-electron chi connectivity index (χ3n) is 9.10. The topological polar surface area (TPSA) is 55.8 Å². The van der Waals surface area contributed by atoms with Gasteiger partial charge in [0.1, 0.15) is 6.23 Å². The van der Waals surface area contributed by atoms with Crippen LogP contribution >= 0.6 is 0 Å². The second kappa shape index (κ2) is 17.4. The van der Waals surface area contributed by atoms with Crippen molar-refractivity contribution in [3.8, 4) is 0 Å². The number of nitrogens with zero attached hydrogens (tertiary/aromatic N) is 2. The number of fused-ring (bicyclic) bond motifs is 1. The number of nitrogens with one attached hydrogen (secondary N) is 1. The molecule has 0 heterocycles. The molecule has 0 aromatic rings. The zero-order valence-corrected chi connectivity index (χ0v) is 24.1. The van der Waals surface area contributed by atoms with E-state index in [1.54, 1.807) is 5.57 Å². The summed E-state index contributed by atoms with van der Waals surface area (Å²) in [5.74, 6) is 2.09. The van der Waals surface area contributed by atoms with Gasteiger partial charge in [0.25, 0.3) is 0 Å². The highest BCUT2D eigenvalue weighted by atomic mass is 16.3. The summed E-state index contributed by atoms with van der Waals surface area (Å²) in [5.41, 5.74) is 1.55. The first-order chi connectivity index (χ1) is 18.1. The van der Waals surface area contributed by atoms with Gasteiger partial charge < -0.3 is 15.3 Å². The Balaban J connectivity index is 1.35. The maximum Gasteiger partial charge on any atom is 0.207 e. The van der Waals surface area contributed by atoms with Gasteiger partial charge in [-0.3, -0.25) is 9.69 Å². The summed E-state index contributed by atoms with van der Waals surface area (Å²) < 4.78 is 0. The van der Waals surface area contributed by atoms with Gasteiger partial charge in [0.05, 0.1) is 6.04 Å². The molecule has 0 saturated heterocycles. The summed E-state index contributed by atoms with van der Waals surface area (Å²) in [7, 11) is 2.01. The first kappa shape index (κ1) is 30.4. The van der Waals surface area contributed by atoms with Crippen molar-refractivity contribution in [2.24, 2.45) is 17.8 Å². The molecule has 4 atom stereocenters. The number of hydrogen-bond acceptors (Lipinski definition) is 4. The van der Waals surface area contributed by atoms with E-state index in [1.807, 2.05) is 7.05 Å². The largest absolute Gasteiger partial charge is 0.376 e. The fourth-order valence-corrected chi connectivity index (χ4v) is 6.45. The quantitative estimate of drug-likeness (QED) is 0.107. The van der Waals surface area contributed by atoms with Crippen molar-refractivity contribution in [1.29, 1.82) is 0 Å². The monoisotopic (exact) mass is 515 g/mol. The standard InChI is InChI=1S/C32H57N3O2/c1-3-4-5-6-7-13-21-35(23-19-27-17-18-29-25-30(29)24-27)22-14-9-12-20-34(2)32(37)31(33-26-36)28-15-10-8-11-16-28/h17-18,24,26,28-32,37H,3-16,19-23,25H2,1-2H3,(H,33,36)/t29?,30?,31-,32?/m0/s1. The smallest absolute Gasteiger partial charge is 0.207 e. The molecule has 2 N–H and O–H groups in total. The number of aliphatic hydroxyl groups excluding tert-OH is 1. The van der Waals surface area contributed by atoms with Crippen molar-refractivity contribution in [2.45, 2.75) is 122 Å². The minimum Gasteiger partial charge on any atom is -0.376 e. The van der Waals surface area contributed by atoms with Crippen molar-refractivity contribution in [3.05, 3.63) is 23.8 Å². The number of allylic oxidation sites excluding steroid dienone is 3. The summed E-state index contributed by atoms with van der Waals surface area (Å²) in [6, 6.07) is -0.148. The van der Waals surface area contributed by atoms with Gasteiger partial charge in [0, 0.05) is 13.1 Å². The van der Waals surface area contributed by atoms with Gasteiger partial charge in [0.15, 0.2) is 0 Å². The minimum atomic E-state index is -0.597. The van der Waals surface area contributed by atoms with Crippen molar-refractivity contribution in [1.82, 2.24) is 15.1 Å². The Morgan fingerprint density at radius 1 is 0.946 bits per heavy atom. The number of carbonyl (C=O) groups excluding carboxylic acids is 1. The molecule has 0 aromatic carbocycles. The molecule has 2 saturated carbocycles. The Labute approximate surface area is 228 Å². The van der Waals surface area contributed by atoms with Crippen LogP contribution in [-0.4, -0.2) is 66.8 Å². The molecule has 37 heavy (non-hydrogen) atoms. The number of likely N-dealkylation sites (N-methyl/N-ethyl adjacent to an activating group) is 1. The highest BCUT2D eigenvalue weighted by molar-refractivity contribution is 5.47. The lowest BCUT2D eigenvalue weighted by Gasteiger charge is -2.37. The Kier molecular flexibility index (Phi) is 14.3. The maximum absolute atomic E-state index is 11.2. The number of rotatable bonds is 21. The van der Waals surface area contributed by atoms with E-state index in [-0.39, 0.29) is 6.04 Å². The summed E-state index contributed by atoms with van der Waals surface area (Å²) in [6.45, 7) is 6.76. The number of aliphatic hydroxyl groups is 1. The van der Waals surface area contributed by atoms with E-state index in [4.69, 9.17) is 0 Å². The molecule has 3 aliphatic carbocycles. The normalized spacial score (nSPS) is 23.1. The van der Waals surface area contributed by atoms with Crippen molar-refractivity contribution in [3.63, 3.8) is 0 Å². The van der Waals surface area contributed by atoms with Crippen LogP contribution in [0.2, 0.25) is 0 Å². The summed E-state index contributed by atoms with van der Waals surface area (Å²) >= 11 is 0. The molecule has 0 bridgehead atoms. The number of carbonyl (C=O) groups is 1. The lowest BCUT2D eigenvalue weighted by Crippen LogP contribution is -2.52. The fourth-order valence-electron chi connectivity index (χ4n) is 6.45. The fraction of sp³-hybridized carbons (Fsp3) is 0.844. The van der Waals surface area contributed by atoms with Crippen molar-refractivity contribution < 1.29 is 9.90 Å². The van der Waals surface area contributed by atoms with E-state index in [2.05, 4.69) is 40.3 Å². The molecular formula is C32H57N3O2. The van der Waals surface area contributed by atoms with Crippen molar-refractivity contribution in [2.75, 3.05) is 33.2 Å². The minimum absolute atomic E-state index is 0.148. The van der Waals surface area contributed by atoms with Gasteiger partial charge in [-0.2, -0.15) is 0 Å². The summed E-state index contributed by atoms with van der Waals surface area (Å²) in [5, 5.41) is 13.9. The highest BCUT2D eigenvalue weighted by Crippen LogP contribution is 2.44. The number of unbranched alkanes of at least 4 members (excludes halogenated alkanes) is 7. The highest BCUT2D eigenvalue weighted by Gasteiger charge is 2.34. The predicted octanol–water partition coefficient (Wildman–Crippen LogP) is 6.29. The van der Waals surface area contributed by atoms with Crippen LogP contribution in [-0.2, 0) is 4.79 Å². The van der Waals surface area contributed by atoms with E-state index in [9.17, 15) is 9.90 Å². The van der Waals surface area contributed by atoms with Crippen LogP contribution < -0.4 is 5.32 Å². The second-order valence-electron chi connectivity index (χ2n) is 12.2. The Bertz CT molecular complexity index is 688. The SMILES string of the molecule is CCCCCCCCN(CCCCCN(C)C(O)[C@@H](NC=O)C1CCCCC1)CCC1=CC2CC2C=C1. The lowest BCUT2D eigenvalue weighted by atomic mass is 9.83. The molecule has 0 aliphatic heterocycles.